The summed E-state index contributed by atoms with van der Waals surface area (Å²) in [6, 6.07) is 16.2. The van der Waals surface area contributed by atoms with Gasteiger partial charge in [0.2, 0.25) is 0 Å². The summed E-state index contributed by atoms with van der Waals surface area (Å²) in [5.74, 6) is 3.25. The molecule has 2 aromatic carbocycles. The van der Waals surface area contributed by atoms with Crippen LogP contribution in [0, 0.1) is 46.3 Å². The molecule has 0 aliphatic heterocycles. The lowest BCUT2D eigenvalue weighted by molar-refractivity contribution is -0.183. The number of rotatable bonds is 16. The average Bonchev–Trinajstić information content (AvgIpc) is 3.53. The first-order valence-electron chi connectivity index (χ1n) is 20.6. The molecule has 0 spiro atoms. The smallest absolute Gasteiger partial charge is 0.306 e. The molecule has 298 valence electrons. The first-order chi connectivity index (χ1) is 26.0. The highest BCUT2D eigenvalue weighted by atomic mass is 79.9. The lowest BCUT2D eigenvalue weighted by Crippen LogP contribution is -2.58. The molecule has 4 saturated carbocycles. The van der Waals surface area contributed by atoms with Crippen LogP contribution in [0.5, 0.6) is 5.75 Å². The molecular formula is C45H63Br2NO6. The molecule has 0 saturated heterocycles. The molecule has 0 amide bonds. The van der Waals surface area contributed by atoms with Crippen molar-refractivity contribution in [1.29, 1.82) is 0 Å². The zero-order valence-electron chi connectivity index (χ0n) is 33.0. The summed E-state index contributed by atoms with van der Waals surface area (Å²) in [5.41, 5.74) is 3.66. The number of halogens is 2. The fraction of sp³-hybridized carbons (Fsp3) is 0.689. The Morgan fingerprint density at radius 3 is 2.33 bits per heavy atom. The molecule has 4 fully saturated rings. The van der Waals surface area contributed by atoms with Crippen molar-refractivity contribution in [2.75, 3.05) is 35.8 Å². The van der Waals surface area contributed by atoms with E-state index in [1.807, 2.05) is 24.3 Å². The number of carbonyl (C=O) groups excluding carboxylic acids is 2. The van der Waals surface area contributed by atoms with E-state index in [1.54, 1.807) is 7.11 Å². The number of carbonyl (C=O) groups is 2. The van der Waals surface area contributed by atoms with Crippen LogP contribution in [0.15, 0.2) is 48.5 Å². The second-order valence-corrected chi connectivity index (χ2v) is 19.1. The van der Waals surface area contributed by atoms with Gasteiger partial charge in [0.15, 0.2) is 0 Å². The minimum absolute atomic E-state index is 0.0625. The number of aryl methyl sites for hydroxylation is 1. The number of nitrogens with zero attached hydrogens (tertiary/aromatic N) is 1. The normalized spacial score (nSPS) is 32.1. The molecule has 4 aliphatic rings. The first-order valence-corrected chi connectivity index (χ1v) is 22.8. The van der Waals surface area contributed by atoms with Crippen LogP contribution >= 0.6 is 31.9 Å². The third-order valence-corrected chi connectivity index (χ3v) is 15.4. The molecule has 54 heavy (non-hydrogen) atoms. The maximum atomic E-state index is 13.2. The molecule has 0 bridgehead atoms. The number of aliphatic hydroxyl groups is 1. The lowest BCUT2D eigenvalue weighted by atomic mass is 9.43. The van der Waals surface area contributed by atoms with Crippen LogP contribution in [-0.4, -0.2) is 60.1 Å². The lowest BCUT2D eigenvalue weighted by Gasteiger charge is -2.62. The first kappa shape index (κ1) is 41.5. The SMILES string of the molecule is COc1ccc(COC(=O)CC[C@@H](C)[C@H]2CC[C@H]3[C@@H]4[C@H](O)CC5C[C@H](OC(=O)CCc6cccc(N(CCBr)CCBr)c6)CC[C@]5(C)[C@H]4CC[C@]23C)cc1. The number of anilines is 1. The zero-order chi connectivity index (χ0) is 38.5. The number of benzene rings is 2. The topological polar surface area (TPSA) is 85.3 Å². The maximum Gasteiger partial charge on any atom is 0.306 e. The summed E-state index contributed by atoms with van der Waals surface area (Å²) in [7, 11) is 1.64. The molecule has 4 aliphatic carbocycles. The number of ether oxygens (including phenoxy) is 3. The van der Waals surface area contributed by atoms with Crippen molar-refractivity contribution in [3.8, 4) is 5.75 Å². The molecule has 0 radical (unpaired) electrons. The summed E-state index contributed by atoms with van der Waals surface area (Å²) in [6.45, 7) is 9.48. The predicted molar refractivity (Wildman–Crippen MR) is 222 cm³/mol. The molecule has 9 heteroatoms. The Morgan fingerprint density at radius 1 is 0.889 bits per heavy atom. The van der Waals surface area contributed by atoms with Crippen molar-refractivity contribution in [2.45, 2.75) is 117 Å². The fourth-order valence-electron chi connectivity index (χ4n) is 11.7. The second-order valence-electron chi connectivity index (χ2n) is 17.5. The van der Waals surface area contributed by atoms with Crippen LogP contribution in [0.1, 0.15) is 103 Å². The van der Waals surface area contributed by atoms with Gasteiger partial charge in [0.1, 0.15) is 18.5 Å². The summed E-state index contributed by atoms with van der Waals surface area (Å²) in [5, 5.41) is 13.7. The molecule has 10 atom stereocenters. The standard InChI is InChI=1S/C45H63Br2NO6/c1-30(8-16-41(50)53-29-32-9-12-35(52-4)13-10-32)37-14-15-38-43-39(19-21-45(37,38)3)44(2)20-18-36(27-33(44)28-40(43)49)54-42(51)17-11-31-6-5-7-34(26-31)48(24-22-46)25-23-47/h5-7,9-10,12-13,26,30,33,36-40,43,49H,8,11,14-25,27-29H2,1-4H3/t30-,33?,36-,37-,38+,39+,40-,43+,44+,45-/m1/s1. The molecule has 2 aromatic rings. The Hall–Kier alpha value is -2.10. The Bertz CT molecular complexity index is 1550. The minimum Gasteiger partial charge on any atom is -0.497 e. The number of fused-ring (bicyclic) bond motifs is 5. The Labute approximate surface area is 340 Å². The maximum absolute atomic E-state index is 13.2. The number of hydrogen-bond donors (Lipinski definition) is 1. The van der Waals surface area contributed by atoms with Gasteiger partial charge < -0.3 is 24.2 Å². The van der Waals surface area contributed by atoms with Crippen LogP contribution in [0.4, 0.5) is 5.69 Å². The van der Waals surface area contributed by atoms with Gasteiger partial charge in [0.05, 0.1) is 13.2 Å². The highest BCUT2D eigenvalue weighted by Gasteiger charge is 2.63. The Morgan fingerprint density at radius 2 is 1.61 bits per heavy atom. The van der Waals surface area contributed by atoms with E-state index >= 15 is 0 Å². The number of methoxy groups -OCH3 is 1. The van der Waals surface area contributed by atoms with Gasteiger partial charge in [-0.1, -0.05) is 76.9 Å². The molecule has 1 unspecified atom stereocenters. The van der Waals surface area contributed by atoms with Gasteiger partial charge >= 0.3 is 11.9 Å². The second kappa shape index (κ2) is 18.4. The number of aliphatic hydroxyl groups excluding tert-OH is 1. The molecule has 7 nitrogen and oxygen atoms in total. The molecule has 0 heterocycles. The van der Waals surface area contributed by atoms with Gasteiger partial charge in [0, 0.05) is 42.3 Å². The minimum atomic E-state index is -0.310. The van der Waals surface area contributed by atoms with Gasteiger partial charge in [-0.05, 0) is 146 Å². The summed E-state index contributed by atoms with van der Waals surface area (Å²) in [4.78, 5) is 28.3. The van der Waals surface area contributed by atoms with Crippen molar-refractivity contribution in [1.82, 2.24) is 0 Å². The van der Waals surface area contributed by atoms with E-state index in [0.717, 1.165) is 79.2 Å². The number of hydrogen-bond acceptors (Lipinski definition) is 7. The van der Waals surface area contributed by atoms with Crippen molar-refractivity contribution < 1.29 is 28.9 Å². The molecule has 1 N–H and O–H groups in total. The van der Waals surface area contributed by atoms with Crippen molar-refractivity contribution >= 4 is 49.5 Å². The van der Waals surface area contributed by atoms with E-state index in [-0.39, 0.29) is 41.6 Å². The van der Waals surface area contributed by atoms with Gasteiger partial charge in [0.25, 0.3) is 0 Å². The predicted octanol–water partition coefficient (Wildman–Crippen LogP) is 9.93. The molecular weight excluding hydrogens is 810 g/mol. The van der Waals surface area contributed by atoms with Gasteiger partial charge in [-0.2, -0.15) is 0 Å². The monoisotopic (exact) mass is 871 g/mol. The van der Waals surface area contributed by atoms with E-state index in [0.29, 0.717) is 54.8 Å². The van der Waals surface area contributed by atoms with E-state index in [1.165, 1.54) is 24.9 Å². The van der Waals surface area contributed by atoms with E-state index in [4.69, 9.17) is 14.2 Å². The van der Waals surface area contributed by atoms with Crippen molar-refractivity contribution in [3.63, 3.8) is 0 Å². The largest absolute Gasteiger partial charge is 0.497 e. The van der Waals surface area contributed by atoms with Crippen LogP contribution < -0.4 is 9.64 Å². The number of alkyl halides is 2. The Balaban J connectivity index is 0.991. The third-order valence-electron chi connectivity index (χ3n) is 14.7. The van der Waals surface area contributed by atoms with Crippen LogP contribution in [-0.2, 0) is 32.1 Å². The van der Waals surface area contributed by atoms with Crippen molar-refractivity contribution in [3.05, 3.63) is 59.7 Å². The quantitative estimate of drug-likeness (QED) is 0.133. The average molecular weight is 874 g/mol. The Kier molecular flexibility index (Phi) is 14.2. The highest BCUT2D eigenvalue weighted by molar-refractivity contribution is 9.09. The van der Waals surface area contributed by atoms with E-state index in [9.17, 15) is 14.7 Å². The van der Waals surface area contributed by atoms with Crippen LogP contribution in [0.3, 0.4) is 0 Å². The van der Waals surface area contributed by atoms with E-state index < -0.39 is 0 Å². The fourth-order valence-corrected chi connectivity index (χ4v) is 12.6. The van der Waals surface area contributed by atoms with Gasteiger partial charge in [-0.25, -0.2) is 0 Å². The van der Waals surface area contributed by atoms with Gasteiger partial charge in [-0.3, -0.25) is 9.59 Å². The van der Waals surface area contributed by atoms with Crippen LogP contribution in [0.2, 0.25) is 0 Å². The highest BCUT2D eigenvalue weighted by Crippen LogP contribution is 2.68. The van der Waals surface area contributed by atoms with Crippen LogP contribution in [0.25, 0.3) is 0 Å². The van der Waals surface area contributed by atoms with E-state index in [2.05, 4.69) is 81.8 Å². The molecule has 6 rings (SSSR count). The van der Waals surface area contributed by atoms with Crippen molar-refractivity contribution in [2.24, 2.45) is 46.3 Å². The van der Waals surface area contributed by atoms with Gasteiger partial charge in [-0.15, -0.1) is 0 Å². The zero-order valence-corrected chi connectivity index (χ0v) is 36.1. The summed E-state index contributed by atoms with van der Waals surface area (Å²) >= 11 is 7.14. The summed E-state index contributed by atoms with van der Waals surface area (Å²) < 4.78 is 17.0. The third kappa shape index (κ3) is 9.20. The summed E-state index contributed by atoms with van der Waals surface area (Å²) in [6.07, 6.45) is 10.3. The number of esters is 2. The molecule has 0 aromatic heterocycles.